The Morgan fingerprint density at radius 2 is 2.28 bits per heavy atom. The monoisotopic (exact) mass is 331 g/mol. The topological polar surface area (TPSA) is 49.3 Å². The zero-order valence-electron chi connectivity index (χ0n) is 10.6. The number of rotatable bonds is 5. The van der Waals surface area contributed by atoms with E-state index in [2.05, 4.69) is 46.5 Å². The fraction of sp³-hybridized carbons (Fsp3) is 0.615. The summed E-state index contributed by atoms with van der Waals surface area (Å²) in [7, 11) is 0. The number of carbonyl (C=O) groups is 1. The van der Waals surface area contributed by atoms with Crippen LogP contribution in [0.15, 0.2) is 15.9 Å². The van der Waals surface area contributed by atoms with Gasteiger partial charge in [-0.05, 0) is 34.8 Å². The summed E-state index contributed by atoms with van der Waals surface area (Å²) in [6.45, 7) is 4.79. The molecule has 5 heteroatoms. The summed E-state index contributed by atoms with van der Waals surface area (Å²) in [4.78, 5) is 13.2. The molecule has 0 unspecified atom stereocenters. The minimum atomic E-state index is -0.480. The van der Waals surface area contributed by atoms with Crippen LogP contribution in [0.2, 0.25) is 0 Å². The Morgan fingerprint density at radius 1 is 1.61 bits per heavy atom. The lowest BCUT2D eigenvalue weighted by molar-refractivity contribution is -0.127. The quantitative estimate of drug-likeness (QED) is 0.871. The van der Waals surface area contributed by atoms with Crippen LogP contribution in [0, 0.1) is 5.41 Å². The van der Waals surface area contributed by atoms with Crippen molar-refractivity contribution in [3.8, 4) is 0 Å². The maximum absolute atomic E-state index is 12.0. The maximum atomic E-state index is 12.0. The van der Waals surface area contributed by atoms with Crippen molar-refractivity contribution < 1.29 is 9.90 Å². The maximum Gasteiger partial charge on any atom is 0.228 e. The van der Waals surface area contributed by atoms with Gasteiger partial charge in [-0.2, -0.15) is 0 Å². The lowest BCUT2D eigenvalue weighted by atomic mass is 9.91. The van der Waals surface area contributed by atoms with Gasteiger partial charge in [-0.15, -0.1) is 11.3 Å². The Bertz CT molecular complexity index is 452. The molecular weight excluding hydrogens is 314 g/mol. The lowest BCUT2D eigenvalue weighted by Gasteiger charge is -2.25. The van der Waals surface area contributed by atoms with Crippen LogP contribution in [0.4, 0.5) is 0 Å². The number of aliphatic hydroxyl groups excluding tert-OH is 1. The van der Waals surface area contributed by atoms with Crippen molar-refractivity contribution in [2.45, 2.75) is 32.1 Å². The van der Waals surface area contributed by atoms with E-state index in [1.165, 1.54) is 4.88 Å². The molecule has 0 bridgehead atoms. The van der Waals surface area contributed by atoms with Crippen LogP contribution in [-0.4, -0.2) is 24.2 Å². The van der Waals surface area contributed by atoms with Crippen LogP contribution in [0.25, 0.3) is 0 Å². The van der Waals surface area contributed by atoms with Crippen LogP contribution < -0.4 is 5.32 Å². The van der Waals surface area contributed by atoms with E-state index in [0.717, 1.165) is 17.3 Å². The molecule has 0 aromatic carbocycles. The Balaban J connectivity index is 1.95. The molecule has 0 spiro atoms. The third-order valence-corrected chi connectivity index (χ3v) is 5.62. The van der Waals surface area contributed by atoms with Crippen LogP contribution in [0.5, 0.6) is 0 Å². The standard InChI is InChI=1S/C13H18BrNO2S/c1-12(2,10-5-9(14)6-18-10)7-15-11(17)13(8-16)3-4-13/h5-6,16H,3-4,7-8H2,1-2H3,(H,15,17). The van der Waals surface area contributed by atoms with E-state index in [9.17, 15) is 9.90 Å². The van der Waals surface area contributed by atoms with E-state index in [1.807, 2.05) is 0 Å². The summed E-state index contributed by atoms with van der Waals surface area (Å²) in [5.41, 5.74) is -0.565. The normalized spacial score (nSPS) is 17.6. The van der Waals surface area contributed by atoms with Crippen LogP contribution in [0.1, 0.15) is 31.6 Å². The summed E-state index contributed by atoms with van der Waals surface area (Å²) in [6, 6.07) is 2.09. The van der Waals surface area contributed by atoms with E-state index in [1.54, 1.807) is 11.3 Å². The van der Waals surface area contributed by atoms with E-state index >= 15 is 0 Å². The first kappa shape index (κ1) is 14.0. The summed E-state index contributed by atoms with van der Waals surface area (Å²) >= 11 is 5.14. The molecule has 1 aliphatic carbocycles. The number of amides is 1. The average Bonchev–Trinajstić information content (AvgIpc) is 3.02. The molecule has 1 fully saturated rings. The molecule has 1 saturated carbocycles. The molecule has 1 amide bonds. The van der Waals surface area contributed by atoms with Crippen molar-refractivity contribution in [1.29, 1.82) is 0 Å². The Labute approximate surface area is 120 Å². The number of carbonyl (C=O) groups excluding carboxylic acids is 1. The van der Waals surface area contributed by atoms with Gasteiger partial charge >= 0.3 is 0 Å². The van der Waals surface area contributed by atoms with Gasteiger partial charge in [-0.25, -0.2) is 0 Å². The van der Waals surface area contributed by atoms with Gasteiger partial charge in [0.15, 0.2) is 0 Å². The molecule has 0 atom stereocenters. The van der Waals surface area contributed by atoms with Gasteiger partial charge < -0.3 is 10.4 Å². The van der Waals surface area contributed by atoms with Gasteiger partial charge in [0.25, 0.3) is 0 Å². The highest BCUT2D eigenvalue weighted by Gasteiger charge is 2.49. The number of thiophene rings is 1. The first-order chi connectivity index (χ1) is 8.39. The molecule has 1 aromatic heterocycles. The largest absolute Gasteiger partial charge is 0.395 e. The van der Waals surface area contributed by atoms with Gasteiger partial charge in [0.1, 0.15) is 0 Å². The van der Waals surface area contributed by atoms with Gasteiger partial charge in [-0.3, -0.25) is 4.79 Å². The molecule has 1 heterocycles. The Kier molecular flexibility index (Phi) is 3.85. The van der Waals surface area contributed by atoms with Gasteiger partial charge in [0.05, 0.1) is 12.0 Å². The van der Waals surface area contributed by atoms with Crippen molar-refractivity contribution in [3.63, 3.8) is 0 Å². The first-order valence-electron chi connectivity index (χ1n) is 6.03. The molecule has 2 N–H and O–H groups in total. The minimum absolute atomic E-state index is 0.00584. The molecule has 3 nitrogen and oxygen atoms in total. The number of hydrogen-bond donors (Lipinski definition) is 2. The van der Waals surface area contributed by atoms with Crippen LogP contribution in [-0.2, 0) is 10.2 Å². The van der Waals surface area contributed by atoms with Crippen molar-refractivity contribution in [1.82, 2.24) is 5.32 Å². The molecule has 18 heavy (non-hydrogen) atoms. The van der Waals surface area contributed by atoms with Gasteiger partial charge in [0.2, 0.25) is 5.91 Å². The fourth-order valence-electron chi connectivity index (χ4n) is 1.85. The molecule has 1 aromatic rings. The number of halogens is 1. The van der Waals surface area contributed by atoms with E-state index in [0.29, 0.717) is 6.54 Å². The minimum Gasteiger partial charge on any atom is -0.395 e. The van der Waals surface area contributed by atoms with E-state index < -0.39 is 5.41 Å². The third-order valence-electron chi connectivity index (χ3n) is 3.56. The predicted molar refractivity (Wildman–Crippen MR) is 76.8 cm³/mol. The molecule has 0 aliphatic heterocycles. The van der Waals surface area contributed by atoms with Crippen LogP contribution >= 0.6 is 27.3 Å². The molecule has 1 aliphatic rings. The Hall–Kier alpha value is -0.390. The fourth-order valence-corrected chi connectivity index (χ4v) is 3.41. The van der Waals surface area contributed by atoms with Gasteiger partial charge in [-0.1, -0.05) is 13.8 Å². The highest BCUT2D eigenvalue weighted by molar-refractivity contribution is 9.10. The number of hydrogen-bond acceptors (Lipinski definition) is 3. The second-order valence-corrected chi connectivity index (χ2v) is 7.46. The van der Waals surface area contributed by atoms with Crippen LogP contribution in [0.3, 0.4) is 0 Å². The predicted octanol–water partition coefficient (Wildman–Crippen LogP) is 2.68. The highest BCUT2D eigenvalue weighted by atomic mass is 79.9. The van der Waals surface area contributed by atoms with Crippen molar-refractivity contribution in [2.24, 2.45) is 5.41 Å². The van der Waals surface area contributed by atoms with Crippen molar-refractivity contribution in [3.05, 3.63) is 20.8 Å². The number of aliphatic hydroxyl groups is 1. The van der Waals surface area contributed by atoms with E-state index in [4.69, 9.17) is 0 Å². The van der Waals surface area contributed by atoms with Gasteiger partial charge in [0, 0.05) is 26.7 Å². The second kappa shape index (κ2) is 4.94. The first-order valence-corrected chi connectivity index (χ1v) is 7.71. The zero-order valence-corrected chi connectivity index (χ0v) is 13.0. The van der Waals surface area contributed by atoms with E-state index in [-0.39, 0.29) is 17.9 Å². The summed E-state index contributed by atoms with van der Waals surface area (Å²) < 4.78 is 1.08. The molecular formula is C13H18BrNO2S. The average molecular weight is 332 g/mol. The number of nitrogens with one attached hydrogen (secondary N) is 1. The SMILES string of the molecule is CC(C)(CNC(=O)C1(CO)CC1)c1cc(Br)cs1. The third kappa shape index (κ3) is 2.78. The summed E-state index contributed by atoms with van der Waals surface area (Å²) in [5.74, 6) is -0.00584. The smallest absolute Gasteiger partial charge is 0.228 e. The Morgan fingerprint density at radius 3 is 2.72 bits per heavy atom. The van der Waals surface area contributed by atoms with Crippen molar-refractivity contribution in [2.75, 3.05) is 13.2 Å². The summed E-state index contributed by atoms with van der Waals surface area (Å²) in [6.07, 6.45) is 1.61. The zero-order chi connectivity index (χ0) is 13.4. The van der Waals surface area contributed by atoms with Crippen molar-refractivity contribution >= 4 is 33.2 Å². The molecule has 2 rings (SSSR count). The summed E-state index contributed by atoms with van der Waals surface area (Å²) in [5, 5.41) is 14.2. The molecule has 100 valence electrons. The lowest BCUT2D eigenvalue weighted by Crippen LogP contribution is -2.41. The molecule has 0 radical (unpaired) electrons. The second-order valence-electron chi connectivity index (χ2n) is 5.63. The molecule has 0 saturated heterocycles. The highest BCUT2D eigenvalue weighted by Crippen LogP contribution is 2.45.